The largest absolute Gasteiger partial charge is 0.379 e. The number of aryl methyl sites for hydroxylation is 1. The first-order valence-corrected chi connectivity index (χ1v) is 12.9. The molecule has 0 radical (unpaired) electrons. The van der Waals surface area contributed by atoms with Crippen LogP contribution < -0.4 is 5.32 Å². The van der Waals surface area contributed by atoms with E-state index in [-0.39, 0.29) is 4.90 Å². The number of anilines is 1. The lowest BCUT2D eigenvalue weighted by molar-refractivity contribution is 0.0730. The van der Waals surface area contributed by atoms with Crippen molar-refractivity contribution in [2.75, 3.05) is 31.6 Å². The minimum atomic E-state index is -3.70. The zero-order chi connectivity index (χ0) is 25.7. The van der Waals surface area contributed by atoms with Crippen LogP contribution in [0.15, 0.2) is 91.0 Å². The predicted molar refractivity (Wildman–Crippen MR) is 141 cm³/mol. The molecule has 9 heteroatoms. The van der Waals surface area contributed by atoms with E-state index < -0.39 is 15.9 Å². The van der Waals surface area contributed by atoms with Gasteiger partial charge in [0.2, 0.25) is 10.0 Å². The van der Waals surface area contributed by atoms with Crippen molar-refractivity contribution in [3.63, 3.8) is 0 Å². The van der Waals surface area contributed by atoms with Crippen molar-refractivity contribution in [3.8, 4) is 11.3 Å². The smallest absolute Gasteiger partial charge is 0.259 e. The van der Waals surface area contributed by atoms with Crippen LogP contribution in [0, 0.1) is 6.92 Å². The van der Waals surface area contributed by atoms with Crippen molar-refractivity contribution in [2.24, 2.45) is 0 Å². The van der Waals surface area contributed by atoms with E-state index in [9.17, 15) is 13.2 Å². The van der Waals surface area contributed by atoms with Crippen molar-refractivity contribution < 1.29 is 17.9 Å². The van der Waals surface area contributed by atoms with Gasteiger partial charge in [-0.1, -0.05) is 55.1 Å². The first kappa shape index (κ1) is 25.3. The standard InChI is InChI=1S/C27H28N4O4S/c1-4-7-23(5-2)31-19-25(26(29-31)21-12-10-20(3)11-13-21)27(32)28-22-8-6-9-24(18-22)36(33,34)30-14-16-35-17-15-30/h4-13,18-19H,1-2,14-17H2,3H3,(H,28,32)/b23-7+. The summed E-state index contributed by atoms with van der Waals surface area (Å²) in [4.78, 5) is 13.5. The van der Waals surface area contributed by atoms with Crippen molar-refractivity contribution in [3.05, 3.63) is 97.2 Å². The Hall–Kier alpha value is -3.79. The van der Waals surface area contributed by atoms with E-state index in [1.165, 1.54) is 16.4 Å². The molecule has 1 N–H and O–H groups in total. The molecule has 1 aliphatic heterocycles. The maximum atomic E-state index is 13.4. The Balaban J connectivity index is 1.68. The van der Waals surface area contributed by atoms with Crippen LogP contribution in [0.1, 0.15) is 15.9 Å². The molecule has 0 unspecified atom stereocenters. The Morgan fingerprint density at radius 2 is 1.83 bits per heavy atom. The number of ether oxygens (including phenoxy) is 1. The number of rotatable bonds is 8. The molecule has 1 aromatic heterocycles. The van der Waals surface area contributed by atoms with Crippen LogP contribution in [-0.4, -0.2) is 54.7 Å². The van der Waals surface area contributed by atoms with Crippen LogP contribution in [0.25, 0.3) is 17.0 Å². The summed E-state index contributed by atoms with van der Waals surface area (Å²) in [6.45, 7) is 10.8. The van der Waals surface area contributed by atoms with E-state index in [0.29, 0.717) is 48.9 Å². The number of benzene rings is 2. The van der Waals surface area contributed by atoms with E-state index in [2.05, 4.69) is 23.6 Å². The summed E-state index contributed by atoms with van der Waals surface area (Å²) in [5.41, 5.74) is 3.69. The van der Waals surface area contributed by atoms with Gasteiger partial charge in [-0.3, -0.25) is 4.79 Å². The van der Waals surface area contributed by atoms with E-state index >= 15 is 0 Å². The Morgan fingerprint density at radius 3 is 2.50 bits per heavy atom. The van der Waals surface area contributed by atoms with Crippen LogP contribution in [0.3, 0.4) is 0 Å². The number of hydrogen-bond donors (Lipinski definition) is 1. The van der Waals surface area contributed by atoms with Gasteiger partial charge in [0.15, 0.2) is 0 Å². The Morgan fingerprint density at radius 1 is 1.11 bits per heavy atom. The van der Waals surface area contributed by atoms with Crippen LogP contribution in [0.2, 0.25) is 0 Å². The number of carbonyl (C=O) groups is 1. The van der Waals surface area contributed by atoms with Gasteiger partial charge < -0.3 is 10.1 Å². The number of amides is 1. The fraction of sp³-hybridized carbons (Fsp3) is 0.185. The quantitative estimate of drug-likeness (QED) is 0.461. The van der Waals surface area contributed by atoms with Crippen molar-refractivity contribution in [1.29, 1.82) is 0 Å². The van der Waals surface area contributed by atoms with Gasteiger partial charge in [-0.25, -0.2) is 13.1 Å². The van der Waals surface area contributed by atoms with Crippen molar-refractivity contribution in [1.82, 2.24) is 14.1 Å². The Kier molecular flexibility index (Phi) is 7.64. The molecule has 1 fully saturated rings. The number of hydrogen-bond acceptors (Lipinski definition) is 5. The number of morpholine rings is 1. The topological polar surface area (TPSA) is 93.5 Å². The first-order valence-electron chi connectivity index (χ1n) is 11.4. The summed E-state index contributed by atoms with van der Waals surface area (Å²) in [6.07, 6.45) is 6.59. The molecule has 186 valence electrons. The molecule has 0 spiro atoms. The third kappa shape index (κ3) is 5.38. The molecule has 1 aliphatic rings. The van der Waals surface area contributed by atoms with Gasteiger partial charge in [0, 0.05) is 30.5 Å². The van der Waals surface area contributed by atoms with E-state index in [0.717, 1.165) is 11.1 Å². The molecule has 36 heavy (non-hydrogen) atoms. The lowest BCUT2D eigenvalue weighted by atomic mass is 10.1. The summed E-state index contributed by atoms with van der Waals surface area (Å²) in [7, 11) is -3.70. The van der Waals surface area contributed by atoms with Gasteiger partial charge in [0.1, 0.15) is 5.69 Å². The predicted octanol–water partition coefficient (Wildman–Crippen LogP) is 4.34. The molecule has 1 saturated heterocycles. The van der Waals surface area contributed by atoms with Crippen LogP contribution in [0.4, 0.5) is 5.69 Å². The monoisotopic (exact) mass is 504 g/mol. The van der Waals surface area contributed by atoms with Gasteiger partial charge >= 0.3 is 0 Å². The molecular formula is C27H28N4O4S. The average Bonchev–Trinajstić information content (AvgIpc) is 3.34. The van der Waals surface area contributed by atoms with E-state index in [1.807, 2.05) is 31.2 Å². The second-order valence-corrected chi connectivity index (χ2v) is 10.2. The Labute approximate surface area is 211 Å². The zero-order valence-corrected chi connectivity index (χ0v) is 20.9. The maximum absolute atomic E-state index is 13.4. The fourth-order valence-electron chi connectivity index (χ4n) is 3.82. The molecule has 0 aliphatic carbocycles. The zero-order valence-electron chi connectivity index (χ0n) is 20.1. The van der Waals surface area contributed by atoms with E-state index in [1.54, 1.807) is 41.2 Å². The summed E-state index contributed by atoms with van der Waals surface area (Å²) in [5.74, 6) is -0.417. The minimum absolute atomic E-state index is 0.111. The summed E-state index contributed by atoms with van der Waals surface area (Å²) in [5, 5.41) is 7.47. The molecule has 1 amide bonds. The van der Waals surface area contributed by atoms with Gasteiger partial charge in [-0.15, -0.1) is 0 Å². The molecule has 0 saturated carbocycles. The lowest BCUT2D eigenvalue weighted by Crippen LogP contribution is -2.40. The highest BCUT2D eigenvalue weighted by Gasteiger charge is 2.27. The average molecular weight is 505 g/mol. The minimum Gasteiger partial charge on any atom is -0.379 e. The molecule has 8 nitrogen and oxygen atoms in total. The molecular weight excluding hydrogens is 476 g/mol. The number of carbonyl (C=O) groups excluding carboxylic acids is 1. The maximum Gasteiger partial charge on any atom is 0.259 e. The van der Waals surface area contributed by atoms with Crippen LogP contribution in [0.5, 0.6) is 0 Å². The lowest BCUT2D eigenvalue weighted by Gasteiger charge is -2.26. The highest BCUT2D eigenvalue weighted by Crippen LogP contribution is 2.26. The molecule has 2 heterocycles. The number of nitrogens with zero attached hydrogens (tertiary/aromatic N) is 3. The van der Waals surface area contributed by atoms with Crippen LogP contribution in [-0.2, 0) is 14.8 Å². The first-order chi connectivity index (χ1) is 17.3. The molecule has 4 rings (SSSR count). The molecule has 2 aromatic carbocycles. The van der Waals surface area contributed by atoms with Crippen LogP contribution >= 0.6 is 0 Å². The second-order valence-electron chi connectivity index (χ2n) is 8.23. The highest BCUT2D eigenvalue weighted by atomic mass is 32.2. The number of sulfonamides is 1. The third-order valence-corrected chi connectivity index (χ3v) is 7.64. The number of allylic oxidation sites excluding steroid dienone is 4. The fourth-order valence-corrected chi connectivity index (χ4v) is 5.28. The molecule has 3 aromatic rings. The molecule has 0 atom stereocenters. The normalized spacial score (nSPS) is 14.9. The van der Waals surface area contributed by atoms with Crippen molar-refractivity contribution >= 4 is 27.3 Å². The van der Waals surface area contributed by atoms with Gasteiger partial charge in [-0.2, -0.15) is 9.40 Å². The molecule has 0 bridgehead atoms. The third-order valence-electron chi connectivity index (χ3n) is 5.75. The Bertz CT molecular complexity index is 1420. The van der Waals surface area contributed by atoms with Crippen molar-refractivity contribution in [2.45, 2.75) is 11.8 Å². The number of aromatic nitrogens is 2. The summed E-state index contributed by atoms with van der Waals surface area (Å²) < 4.78 is 34.3. The number of nitrogens with one attached hydrogen (secondary N) is 1. The van der Waals surface area contributed by atoms with Gasteiger partial charge in [0.25, 0.3) is 5.91 Å². The second kappa shape index (κ2) is 10.9. The summed E-state index contributed by atoms with van der Waals surface area (Å²) in [6, 6.07) is 13.9. The van der Waals surface area contributed by atoms with Gasteiger partial charge in [0.05, 0.1) is 29.4 Å². The SMILES string of the molecule is C=C/C=C(\C=C)n1cc(C(=O)Nc2cccc(S(=O)(=O)N3CCOCC3)c2)c(-c2ccc(C)cc2)n1. The summed E-state index contributed by atoms with van der Waals surface area (Å²) >= 11 is 0. The van der Waals surface area contributed by atoms with E-state index in [4.69, 9.17) is 4.74 Å². The highest BCUT2D eigenvalue weighted by molar-refractivity contribution is 7.89. The van der Waals surface area contributed by atoms with Gasteiger partial charge in [-0.05, 0) is 37.3 Å².